The van der Waals surface area contributed by atoms with Crippen molar-refractivity contribution in [3.63, 3.8) is 0 Å². The number of carbonyl (C=O) groups is 1. The molecule has 0 aliphatic carbocycles. The maximum absolute atomic E-state index is 12.4. The Morgan fingerprint density at radius 1 is 1.22 bits per heavy atom. The highest BCUT2D eigenvalue weighted by Crippen LogP contribution is 2.34. The molecule has 0 N–H and O–H groups in total. The molecule has 2 aliphatic rings. The quantitative estimate of drug-likeness (QED) is 0.847. The Morgan fingerprint density at radius 3 is 2.78 bits per heavy atom. The molecular weight excluding hydrogens is 312 g/mol. The van der Waals surface area contributed by atoms with Crippen LogP contribution in [-0.4, -0.2) is 54.8 Å². The first-order valence-electron chi connectivity index (χ1n) is 8.15. The average Bonchev–Trinajstić information content (AvgIpc) is 3.06. The van der Waals surface area contributed by atoms with E-state index in [0.29, 0.717) is 25.7 Å². The summed E-state index contributed by atoms with van der Waals surface area (Å²) in [7, 11) is 0. The van der Waals surface area contributed by atoms with Gasteiger partial charge in [0.05, 0.1) is 35.0 Å². The number of fused-ring (bicyclic) bond motifs is 1. The Kier molecular flexibility index (Phi) is 4.29. The third-order valence-corrected chi connectivity index (χ3v) is 5.76. The lowest BCUT2D eigenvalue weighted by molar-refractivity contribution is -0.158. The second-order valence-electron chi connectivity index (χ2n) is 6.05. The van der Waals surface area contributed by atoms with Crippen molar-refractivity contribution >= 4 is 27.5 Å². The summed E-state index contributed by atoms with van der Waals surface area (Å²) in [6, 6.07) is 8.27. The summed E-state index contributed by atoms with van der Waals surface area (Å²) in [5.74, 6) is 0.535. The minimum absolute atomic E-state index is 0.0763. The topological polar surface area (TPSA) is 51.7 Å². The van der Waals surface area contributed by atoms with Gasteiger partial charge in [0.1, 0.15) is 0 Å². The number of hydrogen-bond acceptors (Lipinski definition) is 5. The highest BCUT2D eigenvalue weighted by Gasteiger charge is 2.31. The van der Waals surface area contributed by atoms with Crippen LogP contribution in [-0.2, 0) is 14.3 Å². The zero-order chi connectivity index (χ0) is 15.6. The number of hydrogen-bond donors (Lipinski definition) is 0. The Hall–Kier alpha value is -1.50. The molecule has 0 radical (unpaired) electrons. The molecular formula is C17H20N2O3S. The summed E-state index contributed by atoms with van der Waals surface area (Å²) in [5.41, 5.74) is 1.08. The van der Waals surface area contributed by atoms with E-state index in [1.165, 1.54) is 9.71 Å². The van der Waals surface area contributed by atoms with Crippen LogP contribution >= 0.6 is 11.3 Å². The number of aromatic nitrogens is 1. The maximum Gasteiger partial charge on any atom is 0.254 e. The number of para-hydroxylation sites is 1. The highest BCUT2D eigenvalue weighted by molar-refractivity contribution is 7.18. The third kappa shape index (κ3) is 3.11. The Bertz CT molecular complexity index is 655. The van der Waals surface area contributed by atoms with Gasteiger partial charge in [0.2, 0.25) is 0 Å². The van der Waals surface area contributed by atoms with Crippen molar-refractivity contribution in [2.75, 3.05) is 32.9 Å². The van der Waals surface area contributed by atoms with Crippen molar-refractivity contribution in [3.05, 3.63) is 29.3 Å². The number of ether oxygens (including phenoxy) is 2. The number of carbonyl (C=O) groups excluding carboxylic acids is 1. The van der Waals surface area contributed by atoms with Crippen molar-refractivity contribution in [1.29, 1.82) is 0 Å². The first-order chi connectivity index (χ1) is 11.3. The lowest BCUT2D eigenvalue weighted by Crippen LogP contribution is -2.47. The van der Waals surface area contributed by atoms with Crippen LogP contribution in [0, 0.1) is 0 Å². The van der Waals surface area contributed by atoms with Gasteiger partial charge in [0, 0.05) is 19.0 Å². The van der Waals surface area contributed by atoms with Gasteiger partial charge in [0.15, 0.2) is 6.10 Å². The smallest absolute Gasteiger partial charge is 0.254 e. The van der Waals surface area contributed by atoms with Crippen LogP contribution in [0.25, 0.3) is 10.2 Å². The van der Waals surface area contributed by atoms with Gasteiger partial charge in [-0.1, -0.05) is 12.1 Å². The summed E-state index contributed by atoms with van der Waals surface area (Å²) in [6.07, 6.45) is 1.53. The molecule has 0 unspecified atom stereocenters. The Labute approximate surface area is 139 Å². The standard InChI is InChI=1S/C17H20N2O3S/c20-17(14-11-21-9-10-22-14)19-7-5-12(6-8-19)16-18-13-3-1-2-4-15(13)23-16/h1-4,12,14H,5-11H2/t14-/m0/s1. The van der Waals surface area contributed by atoms with Crippen LogP contribution in [0.4, 0.5) is 0 Å². The summed E-state index contributed by atoms with van der Waals surface area (Å²) in [5, 5.41) is 1.20. The van der Waals surface area contributed by atoms with E-state index in [0.717, 1.165) is 31.4 Å². The molecule has 2 aliphatic heterocycles. The van der Waals surface area contributed by atoms with Gasteiger partial charge in [-0.25, -0.2) is 4.98 Å². The minimum Gasteiger partial charge on any atom is -0.376 e. The number of likely N-dealkylation sites (tertiary alicyclic amines) is 1. The molecule has 122 valence electrons. The normalized spacial score (nSPS) is 23.3. The largest absolute Gasteiger partial charge is 0.376 e. The number of amides is 1. The van der Waals surface area contributed by atoms with Crippen LogP contribution in [0.2, 0.25) is 0 Å². The van der Waals surface area contributed by atoms with Crippen molar-refractivity contribution < 1.29 is 14.3 Å². The van der Waals surface area contributed by atoms with E-state index in [9.17, 15) is 4.79 Å². The predicted octanol–water partition coefficient (Wildman–Crippen LogP) is 2.42. The lowest BCUT2D eigenvalue weighted by atomic mass is 9.97. The second kappa shape index (κ2) is 6.55. The molecule has 1 aromatic heterocycles. The molecule has 2 aromatic rings. The molecule has 1 atom stereocenters. The van der Waals surface area contributed by atoms with E-state index in [-0.39, 0.29) is 5.91 Å². The number of thiazole rings is 1. The van der Waals surface area contributed by atoms with Crippen molar-refractivity contribution in [3.8, 4) is 0 Å². The number of benzene rings is 1. The van der Waals surface area contributed by atoms with E-state index in [1.807, 2.05) is 11.0 Å². The fraction of sp³-hybridized carbons (Fsp3) is 0.529. The molecule has 2 fully saturated rings. The molecule has 0 saturated carbocycles. The van der Waals surface area contributed by atoms with Gasteiger partial charge >= 0.3 is 0 Å². The molecule has 1 aromatic carbocycles. The summed E-state index contributed by atoms with van der Waals surface area (Å²) < 4.78 is 12.1. The third-order valence-electron chi connectivity index (χ3n) is 4.56. The fourth-order valence-electron chi connectivity index (χ4n) is 3.25. The maximum atomic E-state index is 12.4. The van der Waals surface area contributed by atoms with Gasteiger partial charge in [-0.2, -0.15) is 0 Å². The van der Waals surface area contributed by atoms with Crippen molar-refractivity contribution in [2.24, 2.45) is 0 Å². The minimum atomic E-state index is -0.414. The first-order valence-corrected chi connectivity index (χ1v) is 8.96. The number of piperidine rings is 1. The molecule has 0 bridgehead atoms. The monoisotopic (exact) mass is 332 g/mol. The molecule has 2 saturated heterocycles. The van der Waals surface area contributed by atoms with Gasteiger partial charge in [-0.05, 0) is 25.0 Å². The second-order valence-corrected chi connectivity index (χ2v) is 7.12. The zero-order valence-corrected chi connectivity index (χ0v) is 13.8. The van der Waals surface area contributed by atoms with E-state index in [2.05, 4.69) is 18.2 Å². The Balaban J connectivity index is 1.39. The first kappa shape index (κ1) is 15.1. The SMILES string of the molecule is O=C([C@@H]1COCCO1)N1CCC(c2nc3ccccc3s2)CC1. The van der Waals surface area contributed by atoms with Crippen molar-refractivity contribution in [2.45, 2.75) is 24.9 Å². The van der Waals surface area contributed by atoms with Gasteiger partial charge in [-0.3, -0.25) is 4.79 Å². The van der Waals surface area contributed by atoms with Crippen molar-refractivity contribution in [1.82, 2.24) is 9.88 Å². The van der Waals surface area contributed by atoms with Crippen LogP contribution in [0.5, 0.6) is 0 Å². The van der Waals surface area contributed by atoms with Gasteiger partial charge in [-0.15, -0.1) is 11.3 Å². The summed E-state index contributed by atoms with van der Waals surface area (Å²) in [4.78, 5) is 19.1. The lowest BCUT2D eigenvalue weighted by Gasteiger charge is -2.34. The molecule has 5 nitrogen and oxygen atoms in total. The van der Waals surface area contributed by atoms with Crippen LogP contribution in [0.1, 0.15) is 23.8 Å². The molecule has 1 amide bonds. The highest BCUT2D eigenvalue weighted by atomic mass is 32.1. The van der Waals surface area contributed by atoms with E-state index in [1.54, 1.807) is 11.3 Å². The molecule has 4 rings (SSSR count). The Morgan fingerprint density at radius 2 is 2.04 bits per heavy atom. The predicted molar refractivity (Wildman–Crippen MR) is 88.7 cm³/mol. The van der Waals surface area contributed by atoms with Gasteiger partial charge < -0.3 is 14.4 Å². The summed E-state index contributed by atoms with van der Waals surface area (Å²) >= 11 is 1.78. The molecule has 23 heavy (non-hydrogen) atoms. The summed E-state index contributed by atoms with van der Waals surface area (Å²) in [6.45, 7) is 3.04. The van der Waals surface area contributed by atoms with Crippen LogP contribution in [0.3, 0.4) is 0 Å². The van der Waals surface area contributed by atoms with Crippen LogP contribution < -0.4 is 0 Å². The van der Waals surface area contributed by atoms with E-state index >= 15 is 0 Å². The molecule has 0 spiro atoms. The molecule has 3 heterocycles. The zero-order valence-electron chi connectivity index (χ0n) is 12.9. The van der Waals surface area contributed by atoms with E-state index < -0.39 is 6.10 Å². The number of rotatable bonds is 2. The van der Waals surface area contributed by atoms with Crippen LogP contribution in [0.15, 0.2) is 24.3 Å². The molecule has 6 heteroatoms. The number of nitrogens with zero attached hydrogens (tertiary/aromatic N) is 2. The fourth-order valence-corrected chi connectivity index (χ4v) is 4.38. The van der Waals surface area contributed by atoms with Gasteiger partial charge in [0.25, 0.3) is 5.91 Å². The average molecular weight is 332 g/mol. The van der Waals surface area contributed by atoms with E-state index in [4.69, 9.17) is 14.5 Å².